The summed E-state index contributed by atoms with van der Waals surface area (Å²) in [4.78, 5) is 17.3. The van der Waals surface area contributed by atoms with Gasteiger partial charge >= 0.3 is 0 Å². The molecule has 0 fully saturated rings. The summed E-state index contributed by atoms with van der Waals surface area (Å²) in [6.07, 6.45) is 5.33. The molecular formula is C23H26N2OS. The van der Waals surface area contributed by atoms with Crippen molar-refractivity contribution in [1.82, 2.24) is 0 Å². The number of carbonyl (C=O) groups excluding carboxylic acids is 1. The van der Waals surface area contributed by atoms with Crippen molar-refractivity contribution in [2.24, 2.45) is 0 Å². The molecule has 3 rings (SSSR count). The van der Waals surface area contributed by atoms with Crippen molar-refractivity contribution >= 4 is 39.9 Å². The Morgan fingerprint density at radius 1 is 0.852 bits per heavy atom. The van der Waals surface area contributed by atoms with Crippen LogP contribution in [0.25, 0.3) is 10.5 Å². The minimum absolute atomic E-state index is 0.599. The van der Waals surface area contributed by atoms with Crippen LogP contribution in [0.5, 0.6) is 0 Å². The van der Waals surface area contributed by atoms with Crippen molar-refractivity contribution in [2.45, 2.75) is 11.7 Å². The Labute approximate surface area is 166 Å². The van der Waals surface area contributed by atoms with Gasteiger partial charge < -0.3 is 14.6 Å². The van der Waals surface area contributed by atoms with E-state index in [0.717, 1.165) is 39.3 Å². The van der Waals surface area contributed by atoms with Gasteiger partial charge in [-0.2, -0.15) is 0 Å². The zero-order valence-electron chi connectivity index (χ0n) is 16.6. The lowest BCUT2D eigenvalue weighted by Gasteiger charge is -2.29. The summed E-state index contributed by atoms with van der Waals surface area (Å²) in [5.74, 6) is 0. The molecule has 2 aromatic carbocycles. The maximum atomic E-state index is 12.0. The van der Waals surface area contributed by atoms with Crippen LogP contribution in [0.3, 0.4) is 0 Å². The summed E-state index contributed by atoms with van der Waals surface area (Å²) < 4.78 is -0.599. The number of benzene rings is 2. The number of nitrogens with zero attached hydrogens (tertiary/aromatic N) is 2. The summed E-state index contributed by atoms with van der Waals surface area (Å²) in [5, 5.41) is 0. The average Bonchev–Trinajstić information content (AvgIpc) is 2.67. The Bertz CT molecular complexity index is 914. The van der Waals surface area contributed by atoms with Crippen LogP contribution < -0.4 is 9.80 Å². The van der Waals surface area contributed by atoms with Gasteiger partial charge in [0.05, 0.1) is 4.75 Å². The number of aldehydes is 1. The molecule has 0 saturated heterocycles. The molecule has 0 N–H and O–H groups in total. The van der Waals surface area contributed by atoms with Crippen LogP contribution in [0.15, 0.2) is 60.7 Å². The second-order valence-electron chi connectivity index (χ2n) is 7.34. The lowest BCUT2D eigenvalue weighted by Crippen LogP contribution is -2.22. The van der Waals surface area contributed by atoms with Gasteiger partial charge in [0.2, 0.25) is 0 Å². The van der Waals surface area contributed by atoms with Gasteiger partial charge in [-0.3, -0.25) is 0 Å². The minimum atomic E-state index is -0.599. The highest BCUT2D eigenvalue weighted by Gasteiger charge is 2.30. The van der Waals surface area contributed by atoms with Crippen molar-refractivity contribution in [2.75, 3.05) is 38.0 Å². The monoisotopic (exact) mass is 378 g/mol. The Morgan fingerprint density at radius 2 is 1.37 bits per heavy atom. The molecule has 0 aliphatic carbocycles. The topological polar surface area (TPSA) is 23.6 Å². The molecule has 2 aromatic rings. The van der Waals surface area contributed by atoms with Gasteiger partial charge in [-0.05, 0) is 30.7 Å². The maximum Gasteiger partial charge on any atom is 0.139 e. The van der Waals surface area contributed by atoms with Gasteiger partial charge in [0.25, 0.3) is 0 Å². The van der Waals surface area contributed by atoms with E-state index >= 15 is 0 Å². The second-order valence-corrected chi connectivity index (χ2v) is 8.86. The van der Waals surface area contributed by atoms with Crippen molar-refractivity contribution in [3.63, 3.8) is 0 Å². The largest absolute Gasteiger partial charge is 0.377 e. The summed E-state index contributed by atoms with van der Waals surface area (Å²) in [7, 11) is 8.18. The minimum Gasteiger partial charge on any atom is -0.377 e. The Morgan fingerprint density at radius 3 is 1.93 bits per heavy atom. The summed E-state index contributed by atoms with van der Waals surface area (Å²) in [6, 6.07) is 16.6. The van der Waals surface area contributed by atoms with Crippen molar-refractivity contribution in [1.29, 1.82) is 0 Å². The van der Waals surface area contributed by atoms with Crippen LogP contribution in [0.1, 0.15) is 18.1 Å². The molecule has 0 spiro atoms. The van der Waals surface area contributed by atoms with Gasteiger partial charge in [-0.1, -0.05) is 42.5 Å². The molecule has 1 aliphatic rings. The number of thioether (sulfide) groups is 1. The van der Waals surface area contributed by atoms with Crippen molar-refractivity contribution in [3.8, 4) is 0 Å². The van der Waals surface area contributed by atoms with Crippen LogP contribution >= 0.6 is 11.8 Å². The van der Waals surface area contributed by atoms with Crippen LogP contribution in [-0.2, 0) is 4.79 Å². The van der Waals surface area contributed by atoms with Crippen LogP contribution in [-0.4, -0.2) is 39.2 Å². The first-order valence-electron chi connectivity index (χ1n) is 8.98. The first-order valence-corrected chi connectivity index (χ1v) is 9.79. The third kappa shape index (κ3) is 3.96. The zero-order chi connectivity index (χ0) is 19.6. The summed E-state index contributed by atoms with van der Waals surface area (Å²) in [6.45, 7) is 1.98. The highest BCUT2D eigenvalue weighted by atomic mass is 32.2. The molecule has 3 nitrogen and oxygen atoms in total. The predicted octanol–water partition coefficient (Wildman–Crippen LogP) is 4.95. The van der Waals surface area contributed by atoms with E-state index in [0.29, 0.717) is 0 Å². The van der Waals surface area contributed by atoms with Gasteiger partial charge in [0.15, 0.2) is 0 Å². The number of hydrogen-bond acceptors (Lipinski definition) is 4. The summed E-state index contributed by atoms with van der Waals surface area (Å²) >= 11 is 1.61. The molecule has 4 heteroatoms. The molecule has 27 heavy (non-hydrogen) atoms. The normalized spacial score (nSPS) is 19.1. The Hall–Kier alpha value is -2.46. The number of para-hydroxylation sites is 2. The van der Waals surface area contributed by atoms with E-state index in [4.69, 9.17) is 0 Å². The Balaban J connectivity index is 2.19. The molecule has 1 atom stereocenters. The third-order valence-corrected chi connectivity index (χ3v) is 5.85. The van der Waals surface area contributed by atoms with Crippen molar-refractivity contribution < 1.29 is 4.79 Å². The number of hydrogen-bond donors (Lipinski definition) is 0. The first-order chi connectivity index (χ1) is 12.8. The molecular weight excluding hydrogens is 352 g/mol. The highest BCUT2D eigenvalue weighted by Crippen LogP contribution is 2.47. The predicted molar refractivity (Wildman–Crippen MR) is 120 cm³/mol. The number of rotatable bonds is 5. The van der Waals surface area contributed by atoms with E-state index in [1.165, 1.54) is 0 Å². The molecule has 0 saturated carbocycles. The molecule has 1 heterocycles. The van der Waals surface area contributed by atoms with Gasteiger partial charge in [0.1, 0.15) is 6.29 Å². The molecule has 0 bridgehead atoms. The molecule has 0 radical (unpaired) electrons. The van der Waals surface area contributed by atoms with Crippen LogP contribution in [0.4, 0.5) is 11.4 Å². The average molecular weight is 379 g/mol. The van der Waals surface area contributed by atoms with E-state index in [-0.39, 0.29) is 0 Å². The SMILES string of the molecule is CN(C)c1ccccc1C1=CC(C)(C=O)SC(c2ccccc2N(C)C)=C1. The van der Waals surface area contributed by atoms with E-state index in [2.05, 4.69) is 46.2 Å². The quantitative estimate of drug-likeness (QED) is 0.687. The molecule has 0 amide bonds. The molecule has 1 aliphatic heterocycles. The maximum absolute atomic E-state index is 12.0. The Kier molecular flexibility index (Phi) is 5.47. The smallest absolute Gasteiger partial charge is 0.139 e. The third-order valence-electron chi connectivity index (χ3n) is 4.64. The van der Waals surface area contributed by atoms with Gasteiger partial charge in [-0.25, -0.2) is 0 Å². The fraction of sp³-hybridized carbons (Fsp3) is 0.261. The fourth-order valence-electron chi connectivity index (χ4n) is 3.31. The van der Waals surface area contributed by atoms with E-state index in [1.807, 2.05) is 59.4 Å². The second kappa shape index (κ2) is 7.65. The number of anilines is 2. The number of carbonyl (C=O) groups is 1. The fourth-order valence-corrected chi connectivity index (χ4v) is 4.49. The molecule has 1 unspecified atom stereocenters. The standard InChI is InChI=1S/C23H26N2OS/c1-23(16-26)15-17(18-10-6-8-12-20(18)24(2)3)14-22(27-23)19-11-7-9-13-21(19)25(4)5/h6-16H,1-5H3. The first kappa shape index (κ1) is 19.3. The van der Waals surface area contributed by atoms with Gasteiger partial charge in [-0.15, -0.1) is 11.8 Å². The van der Waals surface area contributed by atoms with E-state index in [9.17, 15) is 4.79 Å². The van der Waals surface area contributed by atoms with Crippen LogP contribution in [0.2, 0.25) is 0 Å². The van der Waals surface area contributed by atoms with E-state index in [1.54, 1.807) is 11.8 Å². The zero-order valence-corrected chi connectivity index (χ0v) is 17.4. The molecule has 0 aromatic heterocycles. The van der Waals surface area contributed by atoms with Gasteiger partial charge in [0, 0.05) is 55.6 Å². The number of allylic oxidation sites excluding steroid dienone is 2. The lowest BCUT2D eigenvalue weighted by molar-refractivity contribution is -0.108. The van der Waals surface area contributed by atoms with E-state index < -0.39 is 4.75 Å². The molecule has 140 valence electrons. The lowest BCUT2D eigenvalue weighted by atomic mass is 9.96. The van der Waals surface area contributed by atoms with Crippen molar-refractivity contribution in [3.05, 3.63) is 71.8 Å². The highest BCUT2D eigenvalue weighted by molar-refractivity contribution is 8.10. The summed E-state index contributed by atoms with van der Waals surface area (Å²) in [5.41, 5.74) is 5.65. The van der Waals surface area contributed by atoms with Crippen LogP contribution in [0, 0.1) is 0 Å².